The second kappa shape index (κ2) is 6.47. The van der Waals surface area contributed by atoms with Crippen LogP contribution >= 0.6 is 0 Å². The molecular weight excluding hydrogens is 281 g/mol. The van der Waals surface area contributed by atoms with E-state index in [0.29, 0.717) is 18.4 Å². The predicted octanol–water partition coefficient (Wildman–Crippen LogP) is 2.92. The molecule has 3 nitrogen and oxygen atoms in total. The van der Waals surface area contributed by atoms with Gasteiger partial charge in [-0.2, -0.15) is 13.2 Å². The van der Waals surface area contributed by atoms with Crippen LogP contribution < -0.4 is 11.1 Å². The lowest BCUT2D eigenvalue weighted by Crippen LogP contribution is -2.44. The first-order valence-corrected chi connectivity index (χ1v) is 7.05. The molecule has 0 radical (unpaired) electrons. The van der Waals surface area contributed by atoms with Crippen LogP contribution in [0.15, 0.2) is 30.3 Å². The SMILES string of the molecule is N[C@H](C(=O)NC1CCCC(C(F)(F)F)C1)c1ccccc1. The van der Waals surface area contributed by atoms with Gasteiger partial charge in [0.1, 0.15) is 6.04 Å². The molecule has 0 bridgehead atoms. The highest BCUT2D eigenvalue weighted by Crippen LogP contribution is 2.37. The van der Waals surface area contributed by atoms with E-state index in [0.717, 1.165) is 0 Å². The standard InChI is InChI=1S/C15H19F3N2O/c16-15(17,18)11-7-4-8-12(9-11)20-14(21)13(19)10-5-2-1-3-6-10/h1-3,5-6,11-13H,4,7-9,19H2,(H,20,21)/t11?,12?,13-/m0/s1. The minimum atomic E-state index is -4.19. The van der Waals surface area contributed by atoms with Crippen LogP contribution in [0.25, 0.3) is 0 Å². The van der Waals surface area contributed by atoms with Gasteiger partial charge in [0.25, 0.3) is 0 Å². The number of halogens is 3. The van der Waals surface area contributed by atoms with Crippen molar-refractivity contribution in [3.63, 3.8) is 0 Å². The van der Waals surface area contributed by atoms with Gasteiger partial charge in [-0.3, -0.25) is 4.79 Å². The van der Waals surface area contributed by atoms with Gasteiger partial charge in [0, 0.05) is 6.04 Å². The third-order valence-electron chi connectivity index (χ3n) is 3.92. The molecular formula is C15H19F3N2O. The lowest BCUT2D eigenvalue weighted by Gasteiger charge is -2.31. The van der Waals surface area contributed by atoms with Crippen molar-refractivity contribution < 1.29 is 18.0 Å². The number of nitrogens with two attached hydrogens (primary N) is 1. The van der Waals surface area contributed by atoms with E-state index in [4.69, 9.17) is 5.73 Å². The third kappa shape index (κ3) is 4.20. The van der Waals surface area contributed by atoms with Crippen molar-refractivity contribution in [2.45, 2.75) is 43.9 Å². The number of carbonyl (C=O) groups excluding carboxylic acids is 1. The van der Waals surface area contributed by atoms with E-state index in [9.17, 15) is 18.0 Å². The first kappa shape index (κ1) is 15.8. The predicted molar refractivity (Wildman–Crippen MR) is 73.3 cm³/mol. The lowest BCUT2D eigenvalue weighted by molar-refractivity contribution is -0.184. The van der Waals surface area contributed by atoms with Crippen molar-refractivity contribution in [2.24, 2.45) is 11.7 Å². The van der Waals surface area contributed by atoms with Crippen LogP contribution in [0.1, 0.15) is 37.3 Å². The van der Waals surface area contributed by atoms with E-state index in [2.05, 4.69) is 5.32 Å². The molecule has 0 aromatic heterocycles. The van der Waals surface area contributed by atoms with Crippen molar-refractivity contribution >= 4 is 5.91 Å². The summed E-state index contributed by atoms with van der Waals surface area (Å²) >= 11 is 0. The maximum Gasteiger partial charge on any atom is 0.391 e. The Labute approximate surface area is 121 Å². The van der Waals surface area contributed by atoms with Crippen LogP contribution in [0.5, 0.6) is 0 Å². The van der Waals surface area contributed by atoms with Crippen LogP contribution in [0.4, 0.5) is 13.2 Å². The van der Waals surface area contributed by atoms with Gasteiger partial charge in [0.05, 0.1) is 5.92 Å². The fourth-order valence-corrected chi connectivity index (χ4v) is 2.72. The lowest BCUT2D eigenvalue weighted by atomic mass is 9.85. The summed E-state index contributed by atoms with van der Waals surface area (Å²) in [5, 5.41) is 2.66. The molecule has 1 saturated carbocycles. The second-order valence-corrected chi connectivity index (χ2v) is 5.50. The Kier molecular flexibility index (Phi) is 4.88. The van der Waals surface area contributed by atoms with Gasteiger partial charge < -0.3 is 11.1 Å². The fourth-order valence-electron chi connectivity index (χ4n) is 2.72. The highest BCUT2D eigenvalue weighted by Gasteiger charge is 2.42. The summed E-state index contributed by atoms with van der Waals surface area (Å²) < 4.78 is 38.2. The van der Waals surface area contributed by atoms with Gasteiger partial charge >= 0.3 is 6.18 Å². The van der Waals surface area contributed by atoms with Crippen molar-refractivity contribution in [1.82, 2.24) is 5.32 Å². The van der Waals surface area contributed by atoms with Gasteiger partial charge in [-0.1, -0.05) is 36.8 Å². The zero-order valence-electron chi connectivity index (χ0n) is 11.6. The molecule has 116 valence electrons. The summed E-state index contributed by atoms with van der Waals surface area (Å²) in [7, 11) is 0. The molecule has 2 rings (SSSR count). The molecule has 1 aromatic carbocycles. The summed E-state index contributed by atoms with van der Waals surface area (Å²) in [6.45, 7) is 0. The smallest absolute Gasteiger partial charge is 0.352 e. The molecule has 2 unspecified atom stereocenters. The number of amides is 1. The molecule has 0 spiro atoms. The topological polar surface area (TPSA) is 55.1 Å². The molecule has 0 heterocycles. The first-order chi connectivity index (χ1) is 9.88. The van der Waals surface area contributed by atoms with Gasteiger partial charge in [0.2, 0.25) is 5.91 Å². The van der Waals surface area contributed by atoms with E-state index in [1.165, 1.54) is 0 Å². The van der Waals surface area contributed by atoms with E-state index in [-0.39, 0.29) is 12.8 Å². The molecule has 6 heteroatoms. The van der Waals surface area contributed by atoms with Crippen molar-refractivity contribution in [3.8, 4) is 0 Å². The Bertz CT molecular complexity index is 476. The monoisotopic (exact) mass is 300 g/mol. The van der Waals surface area contributed by atoms with E-state index >= 15 is 0 Å². The summed E-state index contributed by atoms with van der Waals surface area (Å²) in [6.07, 6.45) is -3.07. The fraction of sp³-hybridized carbons (Fsp3) is 0.533. The average molecular weight is 300 g/mol. The molecule has 21 heavy (non-hydrogen) atoms. The Balaban J connectivity index is 1.93. The Hall–Kier alpha value is -1.56. The highest BCUT2D eigenvalue weighted by atomic mass is 19.4. The molecule has 3 atom stereocenters. The summed E-state index contributed by atoms with van der Waals surface area (Å²) in [5.41, 5.74) is 6.49. The highest BCUT2D eigenvalue weighted by molar-refractivity contribution is 5.83. The number of alkyl halides is 3. The number of nitrogens with one attached hydrogen (secondary N) is 1. The van der Waals surface area contributed by atoms with Crippen molar-refractivity contribution in [2.75, 3.05) is 0 Å². The van der Waals surface area contributed by atoms with Gasteiger partial charge in [-0.25, -0.2) is 0 Å². The number of hydrogen-bond donors (Lipinski definition) is 2. The second-order valence-electron chi connectivity index (χ2n) is 5.50. The van der Waals surface area contributed by atoms with Crippen LogP contribution in [0, 0.1) is 5.92 Å². The maximum absolute atomic E-state index is 12.7. The minimum Gasteiger partial charge on any atom is -0.352 e. The Morgan fingerprint density at radius 2 is 1.90 bits per heavy atom. The average Bonchev–Trinajstić information content (AvgIpc) is 2.47. The molecule has 1 amide bonds. The van der Waals surface area contributed by atoms with Crippen molar-refractivity contribution in [1.29, 1.82) is 0 Å². The molecule has 1 aromatic rings. The van der Waals surface area contributed by atoms with Crippen molar-refractivity contribution in [3.05, 3.63) is 35.9 Å². The summed E-state index contributed by atoms with van der Waals surface area (Å²) in [5.74, 6) is -1.75. The maximum atomic E-state index is 12.7. The van der Waals surface area contributed by atoms with Gasteiger partial charge in [0.15, 0.2) is 0 Å². The first-order valence-electron chi connectivity index (χ1n) is 7.05. The molecule has 0 saturated heterocycles. The minimum absolute atomic E-state index is 0.0588. The zero-order chi connectivity index (χ0) is 15.5. The molecule has 1 aliphatic carbocycles. The Morgan fingerprint density at radius 3 is 2.52 bits per heavy atom. The van der Waals surface area contributed by atoms with Crippen LogP contribution in [-0.2, 0) is 4.79 Å². The zero-order valence-corrected chi connectivity index (χ0v) is 11.6. The van der Waals surface area contributed by atoms with E-state index < -0.39 is 30.1 Å². The van der Waals surface area contributed by atoms with Gasteiger partial charge in [-0.05, 0) is 24.8 Å². The number of hydrogen-bond acceptors (Lipinski definition) is 2. The summed E-state index contributed by atoms with van der Waals surface area (Å²) in [4.78, 5) is 12.1. The quantitative estimate of drug-likeness (QED) is 0.902. The normalized spacial score (nSPS) is 24.4. The van der Waals surface area contributed by atoms with Crippen LogP contribution in [0.3, 0.4) is 0 Å². The third-order valence-corrected chi connectivity index (χ3v) is 3.92. The molecule has 1 aliphatic rings. The summed E-state index contributed by atoms with van der Waals surface area (Å²) in [6, 6.07) is 7.49. The molecule has 0 aliphatic heterocycles. The molecule has 3 N–H and O–H groups in total. The largest absolute Gasteiger partial charge is 0.391 e. The van der Waals surface area contributed by atoms with Gasteiger partial charge in [-0.15, -0.1) is 0 Å². The van der Waals surface area contributed by atoms with E-state index in [1.54, 1.807) is 24.3 Å². The van der Waals surface area contributed by atoms with E-state index in [1.807, 2.05) is 6.07 Å². The number of benzene rings is 1. The van der Waals surface area contributed by atoms with Crippen LogP contribution in [0.2, 0.25) is 0 Å². The Morgan fingerprint density at radius 1 is 1.24 bits per heavy atom. The number of carbonyl (C=O) groups is 1. The number of rotatable bonds is 3. The van der Waals surface area contributed by atoms with Crippen LogP contribution in [-0.4, -0.2) is 18.1 Å². The molecule has 1 fully saturated rings.